The van der Waals surface area contributed by atoms with Crippen LogP contribution in [0, 0.1) is 0 Å². The Kier molecular flexibility index (Phi) is 7.48. The van der Waals surface area contributed by atoms with E-state index in [1.54, 1.807) is 0 Å². The Hall–Kier alpha value is -0.680. The molecule has 0 aromatic carbocycles. The molecule has 2 heterocycles. The quantitative estimate of drug-likeness (QED) is 0.156. The van der Waals surface area contributed by atoms with Gasteiger partial charge in [-0.15, -0.1) is 0 Å². The summed E-state index contributed by atoms with van der Waals surface area (Å²) in [6, 6.07) is 1.20. The van der Waals surface area contributed by atoms with Crippen LogP contribution in [0.1, 0.15) is 6.23 Å². The first-order valence-corrected chi connectivity index (χ1v) is 12.8. The maximum atomic E-state index is 11.8. The minimum absolute atomic E-state index is 0.119. The van der Waals surface area contributed by atoms with Crippen molar-refractivity contribution in [3.05, 3.63) is 22.7 Å². The van der Waals surface area contributed by atoms with Crippen molar-refractivity contribution < 1.29 is 60.8 Å². The number of anilines is 1. The number of nitrogen functional groups attached to an aromatic ring is 1. The van der Waals surface area contributed by atoms with Gasteiger partial charge in [0, 0.05) is 6.20 Å². The van der Waals surface area contributed by atoms with Crippen molar-refractivity contribution in [1.29, 1.82) is 0 Å². The minimum Gasteiger partial charge on any atom is -0.383 e. The lowest BCUT2D eigenvalue weighted by atomic mass is 10.5. The molecule has 1 fully saturated rings. The molecule has 17 nitrogen and oxygen atoms in total. The van der Waals surface area contributed by atoms with Gasteiger partial charge in [-0.25, -0.2) is 18.5 Å². The summed E-state index contributed by atoms with van der Waals surface area (Å²) in [5.41, 5.74) is 1.20. The summed E-state index contributed by atoms with van der Waals surface area (Å²) in [5, 5.41) is 10.0. The van der Waals surface area contributed by atoms with Crippen LogP contribution in [0.15, 0.2) is 17.1 Å². The standard InChI is InChI=1S/C8H14N3O14P3S/c9-4-1-2-11(8(13)10-4)6-7(12)29(21)5(23-6)3-22-27(17,18)25-28(19,20)24-26(14,15)16/h1-2,5-7,12,21H,3H2,(H5-,9,10,13,14,15,16,17,18,19,20)/p+1/t5-,6+,7+,29?/m0/s1. The van der Waals surface area contributed by atoms with E-state index < -0.39 is 64.0 Å². The molecule has 0 saturated carbocycles. The first-order chi connectivity index (χ1) is 13.1. The van der Waals surface area contributed by atoms with Crippen molar-refractivity contribution in [3.63, 3.8) is 0 Å². The number of hydrogen-bond acceptors (Lipinski definition) is 12. The average Bonchev–Trinajstić information content (AvgIpc) is 2.78. The second-order valence-corrected chi connectivity index (χ2v) is 11.2. The molecule has 1 aliphatic rings. The molecule has 0 radical (unpaired) electrons. The molecule has 21 heteroatoms. The number of aliphatic hydroxyl groups excluding tert-OH is 1. The molecule has 0 amide bonds. The number of nitrogens with zero attached hydrogens (tertiary/aromatic N) is 2. The summed E-state index contributed by atoms with van der Waals surface area (Å²) < 4.78 is 60.8. The Morgan fingerprint density at radius 2 is 1.83 bits per heavy atom. The van der Waals surface area contributed by atoms with Gasteiger partial charge in [-0.05, 0) is 6.07 Å². The number of rotatable bonds is 8. The third-order valence-corrected chi connectivity index (χ3v) is 8.28. The van der Waals surface area contributed by atoms with Crippen LogP contribution in [-0.4, -0.2) is 56.3 Å². The van der Waals surface area contributed by atoms with Gasteiger partial charge < -0.3 is 30.4 Å². The maximum absolute atomic E-state index is 11.8. The van der Waals surface area contributed by atoms with Crippen molar-refractivity contribution in [1.82, 2.24) is 9.55 Å². The summed E-state index contributed by atoms with van der Waals surface area (Å²) in [6.07, 6.45) is -0.362. The van der Waals surface area contributed by atoms with Gasteiger partial charge in [-0.2, -0.15) is 18.2 Å². The average molecular weight is 502 g/mol. The number of hydrogen-bond donors (Lipinski definition) is 7. The minimum atomic E-state index is -5.71. The maximum Gasteiger partial charge on any atom is 0.490 e. The Morgan fingerprint density at radius 1 is 1.21 bits per heavy atom. The van der Waals surface area contributed by atoms with Gasteiger partial charge in [0.15, 0.2) is 0 Å². The Morgan fingerprint density at radius 3 is 2.38 bits per heavy atom. The van der Waals surface area contributed by atoms with Crippen LogP contribution in [0.4, 0.5) is 5.82 Å². The number of phosphoric ester groups is 1. The monoisotopic (exact) mass is 502 g/mol. The van der Waals surface area contributed by atoms with E-state index in [0.29, 0.717) is 0 Å². The second kappa shape index (κ2) is 8.82. The van der Waals surface area contributed by atoms with E-state index in [-0.39, 0.29) is 5.82 Å². The molecule has 1 aromatic heterocycles. The molecule has 2 rings (SSSR count). The lowest BCUT2D eigenvalue weighted by molar-refractivity contribution is -0.0518. The van der Waals surface area contributed by atoms with Crippen molar-refractivity contribution in [2.75, 3.05) is 12.3 Å². The van der Waals surface area contributed by atoms with E-state index in [1.807, 2.05) is 0 Å². The molecule has 6 atom stereocenters. The van der Waals surface area contributed by atoms with Gasteiger partial charge in [0.2, 0.25) is 17.4 Å². The van der Waals surface area contributed by atoms with Gasteiger partial charge in [-0.3, -0.25) is 13.8 Å². The van der Waals surface area contributed by atoms with Gasteiger partial charge >= 0.3 is 29.2 Å². The van der Waals surface area contributed by atoms with E-state index >= 15 is 0 Å². The summed E-state index contributed by atoms with van der Waals surface area (Å²) in [5.74, 6) is -0.119. The fourth-order valence-electron chi connectivity index (χ4n) is 1.94. The first kappa shape index (κ1) is 24.6. The van der Waals surface area contributed by atoms with Crippen LogP contribution in [0.25, 0.3) is 0 Å². The number of nitrogens with two attached hydrogens (primary N) is 1. The topological polar surface area (TPSA) is 270 Å². The predicted octanol–water partition coefficient (Wildman–Crippen LogP) is -1.57. The zero-order valence-corrected chi connectivity index (χ0v) is 17.3. The molecule has 29 heavy (non-hydrogen) atoms. The lowest BCUT2D eigenvalue weighted by Crippen LogP contribution is -2.33. The van der Waals surface area contributed by atoms with Crippen molar-refractivity contribution in [3.8, 4) is 0 Å². The van der Waals surface area contributed by atoms with E-state index in [2.05, 4.69) is 18.1 Å². The molecule has 0 bridgehead atoms. The highest BCUT2D eigenvalue weighted by atomic mass is 32.2. The zero-order valence-electron chi connectivity index (χ0n) is 13.8. The summed E-state index contributed by atoms with van der Waals surface area (Å²) >= 11 is -2.06. The highest BCUT2D eigenvalue weighted by Crippen LogP contribution is 2.66. The summed E-state index contributed by atoms with van der Waals surface area (Å²) in [6.45, 7) is -1.01. The van der Waals surface area contributed by atoms with Crippen LogP contribution in [-0.2, 0) is 42.8 Å². The lowest BCUT2D eigenvalue weighted by Gasteiger charge is -2.16. The first-order valence-electron chi connectivity index (χ1n) is 6.98. The number of phosphoric acid groups is 3. The molecule has 1 saturated heterocycles. The fraction of sp³-hybridized carbons (Fsp3) is 0.500. The van der Waals surface area contributed by atoms with Crippen LogP contribution in [0.2, 0.25) is 0 Å². The molecule has 0 aliphatic carbocycles. The second-order valence-electron chi connectivity index (χ2n) is 5.12. The van der Waals surface area contributed by atoms with Gasteiger partial charge in [0.25, 0.3) is 10.9 Å². The van der Waals surface area contributed by atoms with E-state index in [9.17, 15) is 33.0 Å². The zero-order chi connectivity index (χ0) is 22.2. The third-order valence-electron chi connectivity index (χ3n) is 2.97. The number of aliphatic hydroxyl groups is 1. The van der Waals surface area contributed by atoms with Crippen LogP contribution < -0.4 is 11.4 Å². The Labute approximate surface area is 163 Å². The molecule has 3 unspecified atom stereocenters. The Balaban J connectivity index is 2.05. The highest BCUT2D eigenvalue weighted by Gasteiger charge is 2.55. The van der Waals surface area contributed by atoms with Gasteiger partial charge in [0.1, 0.15) is 12.4 Å². The van der Waals surface area contributed by atoms with Crippen molar-refractivity contribution in [2.45, 2.75) is 17.1 Å². The molecular weight excluding hydrogens is 487 g/mol. The van der Waals surface area contributed by atoms with Gasteiger partial charge in [0.05, 0.1) is 0 Å². The third kappa shape index (κ3) is 6.92. The molecule has 166 valence electrons. The normalized spacial score (nSPS) is 29.3. The number of aromatic nitrogens is 2. The predicted molar refractivity (Wildman–Crippen MR) is 92.6 cm³/mol. The largest absolute Gasteiger partial charge is 0.490 e. The van der Waals surface area contributed by atoms with Crippen LogP contribution in [0.5, 0.6) is 0 Å². The van der Waals surface area contributed by atoms with Crippen molar-refractivity contribution in [2.24, 2.45) is 0 Å². The molecule has 1 aromatic rings. The van der Waals surface area contributed by atoms with Crippen LogP contribution in [0.3, 0.4) is 0 Å². The van der Waals surface area contributed by atoms with E-state index in [4.69, 9.17) is 25.2 Å². The highest BCUT2D eigenvalue weighted by molar-refractivity contribution is 7.92. The van der Waals surface area contributed by atoms with Crippen molar-refractivity contribution >= 4 is 40.5 Å². The SMILES string of the molecule is Nc1ccn([C@@H]2O[C@H](COP(=O)(O)OP(=O)(O)OP(=O)(O)O)[S+](O)[C@H]2O)c(=O)n1. The summed E-state index contributed by atoms with van der Waals surface area (Å²) in [4.78, 5) is 50.5. The smallest absolute Gasteiger partial charge is 0.383 e. The molecular formula is C8H15N3O14P3S+. The Bertz CT molecular complexity index is 950. The summed E-state index contributed by atoms with van der Waals surface area (Å²) in [7, 11) is -16.7. The van der Waals surface area contributed by atoms with Crippen LogP contribution >= 0.6 is 23.5 Å². The van der Waals surface area contributed by atoms with Gasteiger partial charge in [-0.1, -0.05) is 0 Å². The fourth-order valence-corrected chi connectivity index (χ4v) is 6.24. The number of ether oxygens (including phenoxy) is 1. The van der Waals surface area contributed by atoms with E-state index in [1.165, 1.54) is 6.07 Å². The molecule has 0 spiro atoms. The van der Waals surface area contributed by atoms with E-state index in [0.717, 1.165) is 10.8 Å². The molecule has 8 N–H and O–H groups in total. The molecule has 1 aliphatic heterocycles.